The van der Waals surface area contributed by atoms with Gasteiger partial charge in [0, 0.05) is 57.1 Å². The molecule has 0 radical (unpaired) electrons. The van der Waals surface area contributed by atoms with Gasteiger partial charge in [0.2, 0.25) is 5.43 Å². The number of ether oxygens (including phenoxy) is 1. The topological polar surface area (TPSA) is 117 Å². The minimum Gasteiger partial charge on any atom is -0.492 e. The molecule has 1 aromatic heterocycles. The maximum atomic E-state index is 15.7. The number of para-hydroxylation sites is 1. The second-order valence-electron chi connectivity index (χ2n) is 10.6. The fourth-order valence-corrected chi connectivity index (χ4v) is 5.86. The third kappa shape index (κ3) is 4.75. The van der Waals surface area contributed by atoms with E-state index in [1.807, 2.05) is 36.1 Å². The predicted octanol–water partition coefficient (Wildman–Crippen LogP) is 3.09. The second-order valence-corrected chi connectivity index (χ2v) is 10.6. The summed E-state index contributed by atoms with van der Waals surface area (Å²) in [6, 6.07) is 8.69. The lowest BCUT2D eigenvalue weighted by Gasteiger charge is -2.37. The fraction of sp³-hybridized carbons (Fsp3) is 0.400. The van der Waals surface area contributed by atoms with Crippen LogP contribution >= 0.6 is 0 Å². The number of anilines is 2. The molecule has 42 heavy (non-hydrogen) atoms. The number of hydrogen-bond donors (Lipinski definition) is 1. The maximum Gasteiger partial charge on any atom is 0.341 e. The minimum absolute atomic E-state index is 0.00124. The van der Waals surface area contributed by atoms with Crippen LogP contribution in [0.25, 0.3) is 10.9 Å². The number of oxime groups is 1. The molecule has 1 amide bonds. The van der Waals surface area contributed by atoms with E-state index >= 15 is 4.39 Å². The normalized spacial score (nSPS) is 18.2. The number of halogens is 1. The highest BCUT2D eigenvalue weighted by Crippen LogP contribution is 2.43. The summed E-state index contributed by atoms with van der Waals surface area (Å²) < 4.78 is 23.2. The summed E-state index contributed by atoms with van der Waals surface area (Å²) in [6.07, 6.45) is 3.04. The molecular formula is C30H32FN5O6. The number of piperazine rings is 1. The number of carboxylic acids is 1. The van der Waals surface area contributed by atoms with Crippen LogP contribution in [0.5, 0.6) is 5.75 Å². The number of fused-ring (bicyclic) bond motifs is 2. The van der Waals surface area contributed by atoms with Crippen molar-refractivity contribution in [3.8, 4) is 5.75 Å². The first kappa shape index (κ1) is 27.7. The smallest absolute Gasteiger partial charge is 0.341 e. The molecule has 2 aliphatic heterocycles. The van der Waals surface area contributed by atoms with Crippen molar-refractivity contribution in [3.63, 3.8) is 0 Å². The fourth-order valence-electron chi connectivity index (χ4n) is 5.86. The Morgan fingerprint density at radius 2 is 1.86 bits per heavy atom. The number of carbonyl (C=O) groups is 2. The number of nitrogens with zero attached hydrogens (tertiary/aromatic N) is 5. The van der Waals surface area contributed by atoms with Crippen molar-refractivity contribution < 1.29 is 28.7 Å². The van der Waals surface area contributed by atoms with Crippen molar-refractivity contribution >= 4 is 39.9 Å². The molecule has 1 N–H and O–H groups in total. The molecule has 220 valence electrons. The second kappa shape index (κ2) is 11.1. The van der Waals surface area contributed by atoms with E-state index in [2.05, 4.69) is 10.1 Å². The molecule has 1 saturated heterocycles. The van der Waals surface area contributed by atoms with Gasteiger partial charge in [0.05, 0.1) is 23.7 Å². The van der Waals surface area contributed by atoms with E-state index in [0.29, 0.717) is 57.1 Å². The van der Waals surface area contributed by atoms with Crippen LogP contribution in [0.4, 0.5) is 15.8 Å². The summed E-state index contributed by atoms with van der Waals surface area (Å²) in [6.45, 7) is 5.51. The number of rotatable bonds is 9. The average molecular weight is 578 g/mol. The number of hydrogen-bond acceptors (Lipinski definition) is 8. The average Bonchev–Trinajstić information content (AvgIpc) is 3.80. The highest BCUT2D eigenvalue weighted by Gasteiger charge is 2.35. The van der Waals surface area contributed by atoms with Gasteiger partial charge in [0.25, 0.3) is 5.91 Å². The monoisotopic (exact) mass is 577 g/mol. The Balaban J connectivity index is 1.21. The molecule has 3 aliphatic rings. The Morgan fingerprint density at radius 1 is 1.12 bits per heavy atom. The first-order valence-electron chi connectivity index (χ1n) is 14.1. The number of methoxy groups -OCH3 is 1. The number of aromatic nitrogens is 1. The van der Waals surface area contributed by atoms with E-state index in [4.69, 9.17) is 9.57 Å². The van der Waals surface area contributed by atoms with E-state index in [-0.39, 0.29) is 34.3 Å². The number of amides is 1. The number of carbonyl (C=O) groups excluding carboxylic acids is 1. The van der Waals surface area contributed by atoms with Crippen molar-refractivity contribution in [2.45, 2.75) is 25.8 Å². The lowest BCUT2D eigenvalue weighted by Crippen LogP contribution is -2.49. The summed E-state index contributed by atoms with van der Waals surface area (Å²) in [4.78, 5) is 48.9. The molecule has 11 nitrogen and oxygen atoms in total. The van der Waals surface area contributed by atoms with E-state index in [9.17, 15) is 19.5 Å². The zero-order chi connectivity index (χ0) is 29.5. The van der Waals surface area contributed by atoms with Crippen molar-refractivity contribution in [2.75, 3.05) is 62.8 Å². The Morgan fingerprint density at radius 3 is 2.52 bits per heavy atom. The summed E-state index contributed by atoms with van der Waals surface area (Å²) in [5, 5.41) is 13.6. The third-order valence-corrected chi connectivity index (χ3v) is 8.08. The predicted molar refractivity (Wildman–Crippen MR) is 156 cm³/mol. The molecule has 1 saturated carbocycles. The van der Waals surface area contributed by atoms with Gasteiger partial charge in [-0.25, -0.2) is 9.18 Å². The molecule has 0 bridgehead atoms. The molecule has 0 atom stereocenters. The molecule has 6 rings (SSSR count). The van der Waals surface area contributed by atoms with Crippen molar-refractivity contribution in [2.24, 2.45) is 5.16 Å². The molecule has 3 aromatic rings. The highest BCUT2D eigenvalue weighted by atomic mass is 19.1. The van der Waals surface area contributed by atoms with E-state index < -0.39 is 17.2 Å². The van der Waals surface area contributed by atoms with Gasteiger partial charge in [-0.05, 0) is 31.9 Å². The van der Waals surface area contributed by atoms with E-state index in [1.54, 1.807) is 9.47 Å². The van der Waals surface area contributed by atoms with Crippen LogP contribution in [0.15, 0.2) is 46.5 Å². The van der Waals surface area contributed by atoms with Gasteiger partial charge in [-0.3, -0.25) is 14.5 Å². The van der Waals surface area contributed by atoms with Crippen molar-refractivity contribution in [3.05, 3.63) is 63.7 Å². The minimum atomic E-state index is -1.34. The molecule has 2 fully saturated rings. The number of carboxylic acid groups (broad SMARTS) is 1. The molecule has 1 aliphatic carbocycles. The lowest BCUT2D eigenvalue weighted by atomic mass is 10.1. The Kier molecular flexibility index (Phi) is 7.31. The van der Waals surface area contributed by atoms with Crippen LogP contribution in [0.1, 0.15) is 41.7 Å². The van der Waals surface area contributed by atoms with Crippen LogP contribution in [0.2, 0.25) is 0 Å². The Labute approximate surface area is 241 Å². The zero-order valence-electron chi connectivity index (χ0n) is 23.5. The summed E-state index contributed by atoms with van der Waals surface area (Å²) in [5.41, 5.74) is 1.43. The first-order chi connectivity index (χ1) is 20.3. The summed E-state index contributed by atoms with van der Waals surface area (Å²) in [7, 11) is 1.44. The molecule has 0 spiro atoms. The molecule has 0 unspecified atom stereocenters. The highest BCUT2D eigenvalue weighted by molar-refractivity contribution is 6.54. The van der Waals surface area contributed by atoms with E-state index in [1.165, 1.54) is 13.3 Å². The number of aromatic carboxylic acids is 1. The standard InChI is InChI=1S/C30H32FN5O6/c1-3-42-32-24-19-6-4-5-7-23(19)35(29(24)38)15-12-33-10-13-34(14-11-33)26-22(31)16-20-25(28(26)41-2)36(18-8-9-18)17-21(27(20)37)30(39)40/h4-7,16-18H,3,8-15H2,1-2H3,(H,39,40)/b32-24+. The third-order valence-electron chi connectivity index (χ3n) is 8.08. The van der Waals surface area contributed by atoms with Gasteiger partial charge in [-0.2, -0.15) is 0 Å². The van der Waals surface area contributed by atoms with Gasteiger partial charge < -0.3 is 29.0 Å². The maximum absolute atomic E-state index is 15.7. The van der Waals surface area contributed by atoms with Gasteiger partial charge in [0.1, 0.15) is 17.9 Å². The Hall–Kier alpha value is -4.45. The lowest BCUT2D eigenvalue weighted by molar-refractivity contribution is -0.112. The van der Waals surface area contributed by atoms with Gasteiger partial charge in [-0.1, -0.05) is 23.4 Å². The van der Waals surface area contributed by atoms with Crippen LogP contribution in [-0.4, -0.2) is 85.1 Å². The summed E-state index contributed by atoms with van der Waals surface area (Å²) >= 11 is 0. The molecule has 2 aromatic carbocycles. The van der Waals surface area contributed by atoms with Gasteiger partial charge in [-0.15, -0.1) is 0 Å². The van der Waals surface area contributed by atoms with Crippen LogP contribution in [-0.2, 0) is 9.63 Å². The number of benzene rings is 2. The van der Waals surface area contributed by atoms with Gasteiger partial charge >= 0.3 is 5.97 Å². The number of pyridine rings is 1. The van der Waals surface area contributed by atoms with Gasteiger partial charge in [0.15, 0.2) is 17.3 Å². The Bertz CT molecular complexity index is 1660. The molecule has 3 heterocycles. The van der Waals surface area contributed by atoms with Crippen LogP contribution in [0.3, 0.4) is 0 Å². The van der Waals surface area contributed by atoms with Crippen LogP contribution < -0.4 is 20.0 Å². The largest absolute Gasteiger partial charge is 0.492 e. The molecule has 12 heteroatoms. The van der Waals surface area contributed by atoms with Crippen molar-refractivity contribution in [1.29, 1.82) is 0 Å². The summed E-state index contributed by atoms with van der Waals surface area (Å²) in [5.74, 6) is -1.93. The first-order valence-corrected chi connectivity index (χ1v) is 14.1. The van der Waals surface area contributed by atoms with Crippen molar-refractivity contribution in [1.82, 2.24) is 9.47 Å². The molecular weight excluding hydrogens is 545 g/mol. The van der Waals surface area contributed by atoms with Crippen LogP contribution in [0, 0.1) is 5.82 Å². The zero-order valence-corrected chi connectivity index (χ0v) is 23.5. The SMILES string of the molecule is CCO/N=C1/C(=O)N(CCN2CCN(c3c(F)cc4c(=O)c(C(=O)O)cn(C5CC5)c4c3OC)CC2)c2ccccc21. The quantitative estimate of drug-likeness (QED) is 0.386. The van der Waals surface area contributed by atoms with E-state index in [0.717, 1.165) is 30.2 Å².